The Labute approximate surface area is 150 Å². The van der Waals surface area contributed by atoms with E-state index >= 15 is 0 Å². The first-order valence-electron chi connectivity index (χ1n) is 9.34. The van der Waals surface area contributed by atoms with Gasteiger partial charge in [-0.15, -0.1) is 0 Å². The summed E-state index contributed by atoms with van der Waals surface area (Å²) in [5, 5.41) is 2.83. The van der Waals surface area contributed by atoms with Crippen molar-refractivity contribution in [2.24, 2.45) is 5.92 Å². The van der Waals surface area contributed by atoms with Crippen LogP contribution in [0.1, 0.15) is 51.9 Å². The molecule has 1 aromatic carbocycles. The van der Waals surface area contributed by atoms with E-state index in [0.29, 0.717) is 30.3 Å². The molecule has 1 fully saturated rings. The Balaban J connectivity index is 1.82. The van der Waals surface area contributed by atoms with Crippen molar-refractivity contribution in [3.63, 3.8) is 0 Å². The lowest BCUT2D eigenvalue weighted by Gasteiger charge is -2.24. The standard InChI is InChI=1S/C20H30N2O3/c1-3-22(20(24)14-13-16-9-5-4-6-10-16)15-19(23)21-17-11-7-8-12-18(17)25-2/h7-8,11-12,16H,3-6,9-10,13-15H2,1-2H3,(H,21,23). The van der Waals surface area contributed by atoms with E-state index in [4.69, 9.17) is 4.74 Å². The molecule has 1 aliphatic carbocycles. The van der Waals surface area contributed by atoms with Crippen LogP contribution in [0.5, 0.6) is 5.75 Å². The van der Waals surface area contributed by atoms with Gasteiger partial charge in [0.25, 0.3) is 0 Å². The zero-order chi connectivity index (χ0) is 18.1. The van der Waals surface area contributed by atoms with Gasteiger partial charge in [-0.1, -0.05) is 44.2 Å². The third-order valence-corrected chi connectivity index (χ3v) is 4.94. The van der Waals surface area contributed by atoms with Gasteiger partial charge in [0.2, 0.25) is 11.8 Å². The molecule has 0 unspecified atom stereocenters. The monoisotopic (exact) mass is 346 g/mol. The molecule has 0 heterocycles. The van der Waals surface area contributed by atoms with Crippen LogP contribution in [0.2, 0.25) is 0 Å². The number of carbonyl (C=O) groups excluding carboxylic acids is 2. The van der Waals surface area contributed by atoms with Crippen LogP contribution in [0.25, 0.3) is 0 Å². The van der Waals surface area contributed by atoms with E-state index in [1.807, 2.05) is 19.1 Å². The van der Waals surface area contributed by atoms with E-state index < -0.39 is 0 Å². The second kappa shape index (κ2) is 10.1. The largest absolute Gasteiger partial charge is 0.495 e. The van der Waals surface area contributed by atoms with Crippen LogP contribution in [0, 0.1) is 5.92 Å². The molecule has 1 N–H and O–H groups in total. The maximum atomic E-state index is 12.4. The molecule has 25 heavy (non-hydrogen) atoms. The normalized spacial score (nSPS) is 14.8. The van der Waals surface area contributed by atoms with E-state index in [1.165, 1.54) is 32.1 Å². The van der Waals surface area contributed by atoms with Gasteiger partial charge < -0.3 is 15.0 Å². The Bertz CT molecular complexity index is 568. The molecule has 0 aliphatic heterocycles. The highest BCUT2D eigenvalue weighted by molar-refractivity contribution is 5.95. The fraction of sp³-hybridized carbons (Fsp3) is 0.600. The molecule has 2 amide bonds. The third kappa shape index (κ3) is 6.07. The Morgan fingerprint density at radius 3 is 2.60 bits per heavy atom. The first-order valence-corrected chi connectivity index (χ1v) is 9.34. The lowest BCUT2D eigenvalue weighted by molar-refractivity contribution is -0.134. The number of benzene rings is 1. The van der Waals surface area contributed by atoms with Crippen molar-refractivity contribution in [2.45, 2.75) is 51.9 Å². The van der Waals surface area contributed by atoms with Crippen LogP contribution in [0.4, 0.5) is 5.69 Å². The maximum Gasteiger partial charge on any atom is 0.244 e. The predicted octanol–water partition coefficient (Wildman–Crippen LogP) is 3.84. The van der Waals surface area contributed by atoms with Crippen molar-refractivity contribution in [1.82, 2.24) is 4.90 Å². The molecular formula is C20H30N2O3. The van der Waals surface area contributed by atoms with Crippen molar-refractivity contribution in [2.75, 3.05) is 25.5 Å². The van der Waals surface area contributed by atoms with E-state index in [2.05, 4.69) is 5.32 Å². The fourth-order valence-electron chi connectivity index (χ4n) is 3.45. The summed E-state index contributed by atoms with van der Waals surface area (Å²) in [5.41, 5.74) is 0.626. The molecule has 0 saturated heterocycles. The van der Waals surface area contributed by atoms with Crippen LogP contribution in [-0.4, -0.2) is 36.9 Å². The highest BCUT2D eigenvalue weighted by Gasteiger charge is 2.19. The van der Waals surface area contributed by atoms with Gasteiger partial charge in [0.1, 0.15) is 5.75 Å². The molecule has 138 valence electrons. The summed E-state index contributed by atoms with van der Waals surface area (Å²) in [5.74, 6) is 1.17. The minimum Gasteiger partial charge on any atom is -0.495 e. The smallest absolute Gasteiger partial charge is 0.244 e. The fourth-order valence-corrected chi connectivity index (χ4v) is 3.45. The van der Waals surface area contributed by atoms with Crippen molar-refractivity contribution < 1.29 is 14.3 Å². The topological polar surface area (TPSA) is 58.6 Å². The summed E-state index contributed by atoms with van der Waals surface area (Å²) in [6.07, 6.45) is 7.88. The van der Waals surface area contributed by atoms with E-state index in [9.17, 15) is 9.59 Å². The molecule has 1 aromatic rings. The maximum absolute atomic E-state index is 12.4. The second-order valence-electron chi connectivity index (χ2n) is 6.70. The lowest BCUT2D eigenvalue weighted by Crippen LogP contribution is -2.38. The minimum atomic E-state index is -0.197. The molecule has 1 saturated carbocycles. The number of likely N-dealkylation sites (N-methyl/N-ethyl adjacent to an activating group) is 1. The van der Waals surface area contributed by atoms with E-state index in [-0.39, 0.29) is 18.4 Å². The van der Waals surface area contributed by atoms with Crippen molar-refractivity contribution >= 4 is 17.5 Å². The van der Waals surface area contributed by atoms with Gasteiger partial charge in [0, 0.05) is 13.0 Å². The number of hydrogen-bond acceptors (Lipinski definition) is 3. The number of rotatable bonds is 8. The number of para-hydroxylation sites is 2. The van der Waals surface area contributed by atoms with Crippen LogP contribution >= 0.6 is 0 Å². The SMILES string of the molecule is CCN(CC(=O)Nc1ccccc1OC)C(=O)CCC1CCCCC1. The number of anilines is 1. The van der Waals surface area contributed by atoms with Gasteiger partial charge in [-0.2, -0.15) is 0 Å². The summed E-state index contributed by atoms with van der Waals surface area (Å²) < 4.78 is 5.24. The zero-order valence-electron chi connectivity index (χ0n) is 15.4. The number of nitrogens with one attached hydrogen (secondary N) is 1. The first kappa shape index (κ1) is 19.3. The van der Waals surface area contributed by atoms with Crippen molar-refractivity contribution in [1.29, 1.82) is 0 Å². The summed E-state index contributed by atoms with van der Waals surface area (Å²) >= 11 is 0. The van der Waals surface area contributed by atoms with Gasteiger partial charge >= 0.3 is 0 Å². The third-order valence-electron chi connectivity index (χ3n) is 4.94. The van der Waals surface area contributed by atoms with Crippen LogP contribution < -0.4 is 10.1 Å². The Kier molecular flexibility index (Phi) is 7.76. The Morgan fingerprint density at radius 1 is 1.20 bits per heavy atom. The first-order chi connectivity index (χ1) is 12.1. The molecule has 5 nitrogen and oxygen atoms in total. The molecule has 0 aromatic heterocycles. The average molecular weight is 346 g/mol. The molecule has 1 aliphatic rings. The highest BCUT2D eigenvalue weighted by Crippen LogP contribution is 2.27. The number of nitrogens with zero attached hydrogens (tertiary/aromatic N) is 1. The van der Waals surface area contributed by atoms with Gasteiger partial charge in [-0.05, 0) is 31.4 Å². The molecule has 0 spiro atoms. The van der Waals surface area contributed by atoms with Crippen LogP contribution in [-0.2, 0) is 9.59 Å². The molecule has 0 atom stereocenters. The zero-order valence-corrected chi connectivity index (χ0v) is 15.4. The minimum absolute atomic E-state index is 0.0725. The van der Waals surface area contributed by atoms with Gasteiger partial charge in [-0.3, -0.25) is 9.59 Å². The van der Waals surface area contributed by atoms with Crippen LogP contribution in [0.15, 0.2) is 24.3 Å². The number of carbonyl (C=O) groups is 2. The lowest BCUT2D eigenvalue weighted by atomic mass is 9.86. The van der Waals surface area contributed by atoms with Crippen LogP contribution in [0.3, 0.4) is 0 Å². The van der Waals surface area contributed by atoms with Gasteiger partial charge in [0.05, 0.1) is 19.3 Å². The summed E-state index contributed by atoms with van der Waals surface area (Å²) in [4.78, 5) is 26.4. The molecule has 5 heteroatoms. The Morgan fingerprint density at radius 2 is 1.92 bits per heavy atom. The highest BCUT2D eigenvalue weighted by atomic mass is 16.5. The molecular weight excluding hydrogens is 316 g/mol. The Hall–Kier alpha value is -2.04. The summed E-state index contributed by atoms with van der Waals surface area (Å²) in [6, 6.07) is 7.27. The number of ether oxygens (including phenoxy) is 1. The quantitative estimate of drug-likeness (QED) is 0.778. The number of hydrogen-bond donors (Lipinski definition) is 1. The number of methoxy groups -OCH3 is 1. The van der Waals surface area contributed by atoms with Crippen molar-refractivity contribution in [3.05, 3.63) is 24.3 Å². The summed E-state index contributed by atoms with van der Waals surface area (Å²) in [6.45, 7) is 2.54. The van der Waals surface area contributed by atoms with Gasteiger partial charge in [-0.25, -0.2) is 0 Å². The number of amides is 2. The predicted molar refractivity (Wildman–Crippen MR) is 99.7 cm³/mol. The van der Waals surface area contributed by atoms with E-state index in [0.717, 1.165) is 6.42 Å². The molecule has 2 rings (SSSR count). The molecule has 0 radical (unpaired) electrons. The molecule has 0 bridgehead atoms. The van der Waals surface area contributed by atoms with E-state index in [1.54, 1.807) is 24.1 Å². The average Bonchev–Trinajstić information content (AvgIpc) is 2.65. The van der Waals surface area contributed by atoms with Gasteiger partial charge in [0.15, 0.2) is 0 Å². The second-order valence-corrected chi connectivity index (χ2v) is 6.70. The summed E-state index contributed by atoms with van der Waals surface area (Å²) in [7, 11) is 1.57. The van der Waals surface area contributed by atoms with Crippen molar-refractivity contribution in [3.8, 4) is 5.75 Å².